The second-order valence-electron chi connectivity index (χ2n) is 7.66. The molecular formula is C21H27N3O3. The molecule has 1 amide bonds. The lowest BCUT2D eigenvalue weighted by atomic mass is 9.88. The SMILES string of the molecule is Cc1noc(C)c1-c1cc(C2CCN(C(=O)C3CCOCC3)CC2)ccn1. The Hall–Kier alpha value is -2.21. The van der Waals surface area contributed by atoms with Crippen molar-refractivity contribution in [1.29, 1.82) is 0 Å². The van der Waals surface area contributed by atoms with Crippen LogP contribution in [-0.4, -0.2) is 47.3 Å². The topological polar surface area (TPSA) is 68.5 Å². The van der Waals surface area contributed by atoms with Gasteiger partial charge in [-0.05, 0) is 63.1 Å². The summed E-state index contributed by atoms with van der Waals surface area (Å²) in [5.74, 6) is 1.74. The van der Waals surface area contributed by atoms with Crippen LogP contribution in [0.5, 0.6) is 0 Å². The molecular weight excluding hydrogens is 342 g/mol. The Morgan fingerprint density at radius 1 is 1.15 bits per heavy atom. The van der Waals surface area contributed by atoms with Crippen LogP contribution in [0.25, 0.3) is 11.3 Å². The van der Waals surface area contributed by atoms with Crippen molar-refractivity contribution in [3.63, 3.8) is 0 Å². The molecule has 0 saturated carbocycles. The number of carbonyl (C=O) groups excluding carboxylic acids is 1. The largest absolute Gasteiger partial charge is 0.381 e. The molecule has 2 aromatic heterocycles. The van der Waals surface area contributed by atoms with E-state index in [9.17, 15) is 4.79 Å². The molecule has 2 aromatic rings. The van der Waals surface area contributed by atoms with Gasteiger partial charge in [-0.1, -0.05) is 5.16 Å². The molecule has 0 bridgehead atoms. The lowest BCUT2D eigenvalue weighted by molar-refractivity contribution is -0.139. The van der Waals surface area contributed by atoms with Gasteiger partial charge in [0, 0.05) is 38.4 Å². The number of aromatic nitrogens is 2. The fourth-order valence-electron chi connectivity index (χ4n) is 4.32. The lowest BCUT2D eigenvalue weighted by Gasteiger charge is -2.35. The summed E-state index contributed by atoms with van der Waals surface area (Å²) in [4.78, 5) is 19.3. The number of likely N-dealkylation sites (tertiary alicyclic amines) is 1. The number of piperidine rings is 1. The zero-order chi connectivity index (χ0) is 18.8. The van der Waals surface area contributed by atoms with E-state index in [2.05, 4.69) is 27.2 Å². The molecule has 0 spiro atoms. The van der Waals surface area contributed by atoms with Crippen molar-refractivity contribution in [2.24, 2.45) is 5.92 Å². The smallest absolute Gasteiger partial charge is 0.225 e. The third-order valence-electron chi connectivity index (χ3n) is 5.92. The monoisotopic (exact) mass is 369 g/mol. The van der Waals surface area contributed by atoms with Crippen molar-refractivity contribution in [2.45, 2.75) is 45.4 Å². The summed E-state index contributed by atoms with van der Waals surface area (Å²) in [7, 11) is 0. The zero-order valence-corrected chi connectivity index (χ0v) is 16.1. The minimum absolute atomic E-state index is 0.155. The van der Waals surface area contributed by atoms with E-state index in [1.807, 2.05) is 20.0 Å². The van der Waals surface area contributed by atoms with Gasteiger partial charge in [-0.15, -0.1) is 0 Å². The molecule has 0 radical (unpaired) electrons. The van der Waals surface area contributed by atoms with Gasteiger partial charge in [0.15, 0.2) is 0 Å². The van der Waals surface area contributed by atoms with Gasteiger partial charge in [0.2, 0.25) is 5.91 Å². The van der Waals surface area contributed by atoms with E-state index >= 15 is 0 Å². The first-order chi connectivity index (χ1) is 13.1. The van der Waals surface area contributed by atoms with Crippen LogP contribution < -0.4 is 0 Å². The Bertz CT molecular complexity index is 783. The molecule has 2 saturated heterocycles. The Balaban J connectivity index is 1.43. The van der Waals surface area contributed by atoms with E-state index in [1.54, 1.807) is 0 Å². The van der Waals surface area contributed by atoms with Crippen molar-refractivity contribution < 1.29 is 14.1 Å². The molecule has 0 N–H and O–H groups in total. The highest BCUT2D eigenvalue weighted by Gasteiger charge is 2.30. The van der Waals surface area contributed by atoms with Crippen LogP contribution in [-0.2, 0) is 9.53 Å². The Labute approximate surface area is 159 Å². The van der Waals surface area contributed by atoms with Crippen LogP contribution in [0.3, 0.4) is 0 Å². The third-order valence-corrected chi connectivity index (χ3v) is 5.92. The van der Waals surface area contributed by atoms with E-state index in [0.29, 0.717) is 25.0 Å². The van der Waals surface area contributed by atoms with Crippen LogP contribution in [0.1, 0.15) is 48.6 Å². The van der Waals surface area contributed by atoms with Crippen LogP contribution in [0.4, 0.5) is 0 Å². The second-order valence-corrected chi connectivity index (χ2v) is 7.66. The second kappa shape index (κ2) is 7.80. The molecule has 0 atom stereocenters. The molecule has 6 nitrogen and oxygen atoms in total. The average Bonchev–Trinajstić information content (AvgIpc) is 3.06. The maximum absolute atomic E-state index is 12.7. The zero-order valence-electron chi connectivity index (χ0n) is 16.1. The average molecular weight is 369 g/mol. The van der Waals surface area contributed by atoms with Gasteiger partial charge >= 0.3 is 0 Å². The molecule has 0 unspecified atom stereocenters. The van der Waals surface area contributed by atoms with Gasteiger partial charge in [0.05, 0.1) is 17.0 Å². The first-order valence-corrected chi connectivity index (χ1v) is 9.89. The summed E-state index contributed by atoms with van der Waals surface area (Å²) in [6, 6.07) is 4.26. The van der Waals surface area contributed by atoms with Crippen LogP contribution in [0.2, 0.25) is 0 Å². The predicted molar refractivity (Wildman–Crippen MR) is 101 cm³/mol. The summed E-state index contributed by atoms with van der Waals surface area (Å²) < 4.78 is 10.7. The number of rotatable bonds is 3. The Kier molecular flexibility index (Phi) is 5.25. The Morgan fingerprint density at radius 3 is 2.56 bits per heavy atom. The summed E-state index contributed by atoms with van der Waals surface area (Å²) in [5.41, 5.74) is 4.07. The van der Waals surface area contributed by atoms with E-state index in [0.717, 1.165) is 61.5 Å². The summed E-state index contributed by atoms with van der Waals surface area (Å²) in [6.07, 6.45) is 5.60. The number of ether oxygens (including phenoxy) is 1. The maximum atomic E-state index is 12.7. The normalized spacial score (nSPS) is 19.4. The van der Waals surface area contributed by atoms with Crippen molar-refractivity contribution in [3.8, 4) is 11.3 Å². The van der Waals surface area contributed by atoms with Gasteiger partial charge < -0.3 is 14.2 Å². The number of pyridine rings is 1. The molecule has 6 heteroatoms. The number of hydrogen-bond donors (Lipinski definition) is 0. The van der Waals surface area contributed by atoms with Crippen LogP contribution in [0.15, 0.2) is 22.9 Å². The van der Waals surface area contributed by atoms with Gasteiger partial charge in [-0.2, -0.15) is 0 Å². The van der Waals surface area contributed by atoms with Gasteiger partial charge in [0.1, 0.15) is 5.76 Å². The highest BCUT2D eigenvalue weighted by atomic mass is 16.5. The quantitative estimate of drug-likeness (QED) is 0.828. The number of hydrogen-bond acceptors (Lipinski definition) is 5. The third kappa shape index (κ3) is 3.76. The van der Waals surface area contributed by atoms with Crippen molar-refractivity contribution in [3.05, 3.63) is 35.3 Å². The van der Waals surface area contributed by atoms with E-state index in [-0.39, 0.29) is 5.92 Å². The molecule has 144 valence electrons. The predicted octanol–water partition coefficient (Wildman–Crippen LogP) is 3.49. The van der Waals surface area contributed by atoms with Crippen molar-refractivity contribution in [1.82, 2.24) is 15.0 Å². The van der Waals surface area contributed by atoms with Gasteiger partial charge in [0.25, 0.3) is 0 Å². The summed E-state index contributed by atoms with van der Waals surface area (Å²) in [6.45, 7) is 6.97. The molecule has 0 aromatic carbocycles. The lowest BCUT2D eigenvalue weighted by Crippen LogP contribution is -2.42. The molecule has 4 rings (SSSR count). The fourth-order valence-corrected chi connectivity index (χ4v) is 4.32. The van der Waals surface area contributed by atoms with Crippen molar-refractivity contribution in [2.75, 3.05) is 26.3 Å². The van der Waals surface area contributed by atoms with E-state index < -0.39 is 0 Å². The molecule has 2 aliphatic heterocycles. The number of carbonyl (C=O) groups is 1. The minimum atomic E-state index is 0.155. The highest BCUT2D eigenvalue weighted by molar-refractivity contribution is 5.79. The number of amides is 1. The van der Waals surface area contributed by atoms with E-state index in [4.69, 9.17) is 9.26 Å². The first-order valence-electron chi connectivity index (χ1n) is 9.89. The van der Waals surface area contributed by atoms with E-state index in [1.165, 1.54) is 5.56 Å². The van der Waals surface area contributed by atoms with Crippen LogP contribution in [0, 0.1) is 19.8 Å². The molecule has 0 aliphatic carbocycles. The van der Waals surface area contributed by atoms with Gasteiger partial charge in [-0.25, -0.2) is 0 Å². The van der Waals surface area contributed by atoms with Gasteiger partial charge in [-0.3, -0.25) is 9.78 Å². The Morgan fingerprint density at radius 2 is 1.89 bits per heavy atom. The summed E-state index contributed by atoms with van der Waals surface area (Å²) >= 11 is 0. The molecule has 4 heterocycles. The maximum Gasteiger partial charge on any atom is 0.225 e. The fraction of sp³-hybridized carbons (Fsp3) is 0.571. The number of aryl methyl sites for hydroxylation is 2. The number of nitrogens with zero attached hydrogens (tertiary/aromatic N) is 3. The molecule has 27 heavy (non-hydrogen) atoms. The highest BCUT2D eigenvalue weighted by Crippen LogP contribution is 2.32. The molecule has 2 aliphatic rings. The minimum Gasteiger partial charge on any atom is -0.381 e. The molecule has 2 fully saturated rings. The standard InChI is InChI=1S/C21H27N3O3/c1-14-20(15(2)27-23-14)19-13-18(3-8-22-19)16-4-9-24(10-5-16)21(25)17-6-11-26-12-7-17/h3,8,13,16-17H,4-7,9-12H2,1-2H3. The van der Waals surface area contributed by atoms with Crippen molar-refractivity contribution >= 4 is 5.91 Å². The van der Waals surface area contributed by atoms with Crippen LogP contribution >= 0.6 is 0 Å². The summed E-state index contributed by atoms with van der Waals surface area (Å²) in [5, 5.41) is 4.04. The first kappa shape index (κ1) is 18.2.